The van der Waals surface area contributed by atoms with Crippen molar-refractivity contribution in [1.29, 1.82) is 0 Å². The Morgan fingerprint density at radius 1 is 1.31 bits per heavy atom. The Kier molecular flexibility index (Phi) is 6.14. The molecule has 0 aliphatic heterocycles. The third kappa shape index (κ3) is 4.89. The summed E-state index contributed by atoms with van der Waals surface area (Å²) in [7, 11) is -2.41. The minimum Gasteiger partial charge on any atom is -0.494 e. The van der Waals surface area contributed by atoms with Crippen LogP contribution in [0.5, 0.6) is 5.75 Å². The predicted molar refractivity (Wildman–Crippen MR) is 94.9 cm³/mol. The van der Waals surface area contributed by atoms with Gasteiger partial charge in [0.05, 0.1) is 31.7 Å². The molecule has 26 heavy (non-hydrogen) atoms. The maximum atomic E-state index is 14.0. The van der Waals surface area contributed by atoms with Crippen molar-refractivity contribution in [2.24, 2.45) is 5.92 Å². The molecule has 1 heterocycles. The summed E-state index contributed by atoms with van der Waals surface area (Å²) in [4.78, 5) is 12.7. The lowest BCUT2D eigenvalue weighted by Gasteiger charge is -2.14. The molecule has 9 heteroatoms. The third-order valence-electron chi connectivity index (χ3n) is 3.56. The van der Waals surface area contributed by atoms with E-state index >= 15 is 0 Å². The highest BCUT2D eigenvalue weighted by Crippen LogP contribution is 2.27. The van der Waals surface area contributed by atoms with Crippen molar-refractivity contribution >= 4 is 10.1 Å². The highest BCUT2D eigenvalue weighted by molar-refractivity contribution is 7.85. The first-order valence-electron chi connectivity index (χ1n) is 7.89. The summed E-state index contributed by atoms with van der Waals surface area (Å²) in [6.45, 7) is 3.75. The molecule has 2 aromatic rings. The molecule has 0 bridgehead atoms. The van der Waals surface area contributed by atoms with Crippen molar-refractivity contribution in [3.8, 4) is 16.9 Å². The van der Waals surface area contributed by atoms with E-state index in [-0.39, 0.29) is 17.2 Å². The monoisotopic (exact) mass is 384 g/mol. The lowest BCUT2D eigenvalue weighted by Crippen LogP contribution is -2.29. The van der Waals surface area contributed by atoms with Gasteiger partial charge in [0, 0.05) is 12.1 Å². The number of benzene rings is 1. The van der Waals surface area contributed by atoms with E-state index in [1.165, 1.54) is 30.1 Å². The number of rotatable bonds is 7. The van der Waals surface area contributed by atoms with Gasteiger partial charge in [-0.05, 0) is 23.6 Å². The van der Waals surface area contributed by atoms with E-state index in [0.29, 0.717) is 17.7 Å². The van der Waals surface area contributed by atoms with Gasteiger partial charge in [-0.15, -0.1) is 0 Å². The van der Waals surface area contributed by atoms with Crippen LogP contribution in [0.4, 0.5) is 4.39 Å². The van der Waals surface area contributed by atoms with Crippen molar-refractivity contribution < 1.29 is 21.7 Å². The maximum Gasteiger partial charge on any atom is 0.272 e. The summed E-state index contributed by atoms with van der Waals surface area (Å²) in [5.41, 5.74) is 0.295. The second-order valence-electron chi connectivity index (χ2n) is 6.23. The van der Waals surface area contributed by atoms with Crippen LogP contribution in [0.25, 0.3) is 11.1 Å². The molecular weight excluding hydrogens is 363 g/mol. The van der Waals surface area contributed by atoms with Crippen molar-refractivity contribution in [2.45, 2.75) is 27.0 Å². The molecule has 0 spiro atoms. The van der Waals surface area contributed by atoms with Crippen LogP contribution in [0.1, 0.15) is 19.4 Å². The molecule has 2 rings (SSSR count). The molecule has 0 N–H and O–H groups in total. The number of methoxy groups -OCH3 is 1. The van der Waals surface area contributed by atoms with Crippen LogP contribution in [0.2, 0.25) is 0 Å². The van der Waals surface area contributed by atoms with Gasteiger partial charge >= 0.3 is 0 Å². The Balaban J connectivity index is 2.58. The zero-order valence-electron chi connectivity index (χ0n) is 15.0. The van der Waals surface area contributed by atoms with E-state index in [0.717, 1.165) is 6.26 Å². The smallest absolute Gasteiger partial charge is 0.272 e. The second kappa shape index (κ2) is 7.96. The van der Waals surface area contributed by atoms with Gasteiger partial charge in [-0.1, -0.05) is 19.9 Å². The molecule has 0 fully saturated rings. The van der Waals surface area contributed by atoms with Crippen LogP contribution in [-0.2, 0) is 27.5 Å². The summed E-state index contributed by atoms with van der Waals surface area (Å²) in [5.74, 6) is -0.386. The van der Waals surface area contributed by atoms with Gasteiger partial charge in [0.15, 0.2) is 11.6 Å². The van der Waals surface area contributed by atoms with Crippen LogP contribution in [0.3, 0.4) is 0 Å². The topological polar surface area (TPSA) is 87.5 Å². The van der Waals surface area contributed by atoms with Crippen LogP contribution in [0.15, 0.2) is 29.2 Å². The fourth-order valence-electron chi connectivity index (χ4n) is 2.39. The van der Waals surface area contributed by atoms with E-state index in [9.17, 15) is 17.6 Å². The van der Waals surface area contributed by atoms with E-state index in [1.807, 2.05) is 13.8 Å². The average molecular weight is 384 g/mol. The zero-order chi connectivity index (χ0) is 19.5. The largest absolute Gasteiger partial charge is 0.494 e. The Hall–Kier alpha value is -2.26. The summed E-state index contributed by atoms with van der Waals surface area (Å²) < 4.78 is 47.7. The fraction of sp³-hybridized carbons (Fsp3) is 0.412. The zero-order valence-corrected chi connectivity index (χ0v) is 15.8. The highest BCUT2D eigenvalue weighted by Gasteiger charge is 2.17. The van der Waals surface area contributed by atoms with Gasteiger partial charge in [-0.25, -0.2) is 9.07 Å². The lowest BCUT2D eigenvalue weighted by atomic mass is 10.0. The molecular formula is C17H21FN2O5S. The van der Waals surface area contributed by atoms with Crippen LogP contribution in [-0.4, -0.2) is 31.6 Å². The molecule has 1 aromatic carbocycles. The Morgan fingerprint density at radius 3 is 2.54 bits per heavy atom. The van der Waals surface area contributed by atoms with E-state index in [1.54, 1.807) is 6.07 Å². The molecule has 1 aromatic heterocycles. The van der Waals surface area contributed by atoms with Crippen molar-refractivity contribution in [3.63, 3.8) is 0 Å². The van der Waals surface area contributed by atoms with Crippen molar-refractivity contribution in [2.75, 3.05) is 13.4 Å². The molecule has 7 nitrogen and oxygen atoms in total. The van der Waals surface area contributed by atoms with Crippen LogP contribution < -0.4 is 10.3 Å². The molecule has 0 radical (unpaired) electrons. The Labute approximate surface area is 151 Å². The highest BCUT2D eigenvalue weighted by atomic mass is 32.2. The number of hydrogen-bond donors (Lipinski definition) is 0. The summed E-state index contributed by atoms with van der Waals surface area (Å²) in [6.07, 6.45) is 2.31. The number of aromatic nitrogens is 2. The number of ether oxygens (including phenoxy) is 1. The summed E-state index contributed by atoms with van der Waals surface area (Å²) in [5, 5.41) is 4.12. The average Bonchev–Trinajstić information content (AvgIpc) is 2.54. The van der Waals surface area contributed by atoms with Gasteiger partial charge in [-0.2, -0.15) is 13.5 Å². The van der Waals surface area contributed by atoms with Crippen molar-refractivity contribution in [3.05, 3.63) is 46.1 Å². The molecule has 142 valence electrons. The second-order valence-corrected chi connectivity index (χ2v) is 7.88. The van der Waals surface area contributed by atoms with Gasteiger partial charge < -0.3 is 4.74 Å². The number of nitrogens with zero attached hydrogens (tertiary/aromatic N) is 2. The van der Waals surface area contributed by atoms with E-state index in [4.69, 9.17) is 8.92 Å². The molecule has 0 saturated carbocycles. The molecule has 0 saturated heterocycles. The standard InChI is InChI=1S/C17H21FN2O5S/c1-11(2)9-20-17(21)14(10-25-26(4,22)23)13(8-19-20)12-5-6-16(24-3)15(18)7-12/h5-8,11H,9-10H2,1-4H3. The Morgan fingerprint density at radius 2 is 2.00 bits per heavy atom. The molecule has 0 aliphatic carbocycles. The minimum atomic E-state index is -3.76. The van der Waals surface area contributed by atoms with Crippen molar-refractivity contribution in [1.82, 2.24) is 9.78 Å². The van der Waals surface area contributed by atoms with E-state index in [2.05, 4.69) is 5.10 Å². The number of halogens is 1. The molecule has 0 atom stereocenters. The van der Waals surface area contributed by atoms with E-state index < -0.39 is 28.1 Å². The van der Waals surface area contributed by atoms with Crippen LogP contribution >= 0.6 is 0 Å². The van der Waals surface area contributed by atoms with Gasteiger partial charge in [0.1, 0.15) is 0 Å². The fourth-order valence-corrected chi connectivity index (χ4v) is 2.72. The molecule has 0 amide bonds. The number of hydrogen-bond acceptors (Lipinski definition) is 6. The van der Waals surface area contributed by atoms with Gasteiger partial charge in [0.25, 0.3) is 15.7 Å². The quantitative estimate of drug-likeness (QED) is 0.680. The predicted octanol–water partition coefficient (Wildman–Crippen LogP) is 2.19. The maximum absolute atomic E-state index is 14.0. The third-order valence-corrected chi connectivity index (χ3v) is 4.11. The Bertz CT molecular complexity index is 954. The molecule has 0 aliphatic rings. The lowest BCUT2D eigenvalue weighted by molar-refractivity contribution is 0.307. The first-order chi connectivity index (χ1) is 12.1. The minimum absolute atomic E-state index is 0.0591. The van der Waals surface area contributed by atoms with Gasteiger partial charge in [-0.3, -0.25) is 8.98 Å². The normalized spacial score (nSPS) is 11.8. The summed E-state index contributed by atoms with van der Waals surface area (Å²) >= 11 is 0. The first kappa shape index (κ1) is 20.1. The van der Waals surface area contributed by atoms with Gasteiger partial charge in [0.2, 0.25) is 0 Å². The van der Waals surface area contributed by atoms with Crippen LogP contribution in [0, 0.1) is 11.7 Å². The summed E-state index contributed by atoms with van der Waals surface area (Å²) in [6, 6.07) is 4.19. The molecule has 0 unspecified atom stereocenters. The SMILES string of the molecule is COc1ccc(-c2cnn(CC(C)C)c(=O)c2COS(C)(=O)=O)cc1F. The first-order valence-corrected chi connectivity index (χ1v) is 9.71.